The van der Waals surface area contributed by atoms with E-state index >= 15 is 0 Å². The van der Waals surface area contributed by atoms with Crippen LogP contribution in [-0.2, 0) is 6.42 Å². The van der Waals surface area contributed by atoms with Crippen molar-refractivity contribution >= 4 is 23.0 Å². The third-order valence-electron chi connectivity index (χ3n) is 2.56. The molecule has 0 bridgehead atoms. The molecule has 0 radical (unpaired) electrons. The highest BCUT2D eigenvalue weighted by Crippen LogP contribution is 2.09. The zero-order chi connectivity index (χ0) is 13.2. The number of hydrogen-bond acceptors (Lipinski definition) is 2. The molecule has 0 saturated heterocycles. The van der Waals surface area contributed by atoms with Crippen LogP contribution < -0.4 is 10.6 Å². The second-order valence-corrected chi connectivity index (χ2v) is 4.53. The lowest BCUT2D eigenvalue weighted by molar-refractivity contribution is 0.698. The van der Waals surface area contributed by atoms with Gasteiger partial charge in [-0.3, -0.25) is 0 Å². The van der Waals surface area contributed by atoms with E-state index in [0.29, 0.717) is 11.5 Å². The Morgan fingerprint density at radius 1 is 1.28 bits per heavy atom. The maximum atomic E-state index is 8.58. The molecule has 96 valence electrons. The minimum Gasteiger partial charge on any atom is -0.362 e. The normalized spacial score (nSPS) is 9.56. The number of nitrogens with one attached hydrogen (secondary N) is 2. The minimum atomic E-state index is 0.444. The summed E-state index contributed by atoms with van der Waals surface area (Å²) in [5.41, 5.74) is 1.97. The van der Waals surface area contributed by atoms with Gasteiger partial charge in [0.1, 0.15) is 0 Å². The van der Waals surface area contributed by atoms with Crippen molar-refractivity contribution in [2.24, 2.45) is 0 Å². The van der Waals surface area contributed by atoms with E-state index in [2.05, 4.69) is 23.6 Å². The Kier molecular flexibility index (Phi) is 6.82. The molecular weight excluding hydrogens is 242 g/mol. The molecule has 0 fully saturated rings. The summed E-state index contributed by atoms with van der Waals surface area (Å²) in [5, 5.41) is 15.5. The van der Waals surface area contributed by atoms with E-state index in [4.69, 9.17) is 17.5 Å². The molecule has 0 aliphatic carbocycles. The monoisotopic (exact) mass is 261 g/mol. The molecule has 1 aromatic rings. The highest BCUT2D eigenvalue weighted by Gasteiger charge is 1.97. The zero-order valence-electron chi connectivity index (χ0n) is 10.7. The van der Waals surface area contributed by atoms with Crippen LogP contribution in [0.3, 0.4) is 0 Å². The largest absolute Gasteiger partial charge is 0.362 e. The van der Waals surface area contributed by atoms with Crippen LogP contribution in [0.5, 0.6) is 0 Å². The van der Waals surface area contributed by atoms with Gasteiger partial charge < -0.3 is 10.6 Å². The van der Waals surface area contributed by atoms with Gasteiger partial charge in [0.2, 0.25) is 0 Å². The molecule has 3 nitrogen and oxygen atoms in total. The number of hydrogen-bond donors (Lipinski definition) is 2. The van der Waals surface area contributed by atoms with Gasteiger partial charge in [-0.1, -0.05) is 31.9 Å². The summed E-state index contributed by atoms with van der Waals surface area (Å²) in [5.74, 6) is 0. The maximum Gasteiger partial charge on any atom is 0.170 e. The van der Waals surface area contributed by atoms with E-state index in [0.717, 1.165) is 24.2 Å². The first-order valence-electron chi connectivity index (χ1n) is 6.27. The molecule has 4 heteroatoms. The maximum absolute atomic E-state index is 8.58. The van der Waals surface area contributed by atoms with Crippen molar-refractivity contribution in [3.05, 3.63) is 29.8 Å². The van der Waals surface area contributed by atoms with E-state index in [1.165, 1.54) is 12.8 Å². The Labute approximate surface area is 114 Å². The number of nitrogens with zero attached hydrogens (tertiary/aromatic N) is 1. The number of rotatable bonds is 6. The van der Waals surface area contributed by atoms with Crippen molar-refractivity contribution in [2.45, 2.75) is 32.6 Å². The van der Waals surface area contributed by atoms with E-state index in [1.54, 1.807) is 0 Å². The van der Waals surface area contributed by atoms with Crippen molar-refractivity contribution in [1.29, 1.82) is 5.26 Å². The summed E-state index contributed by atoms with van der Waals surface area (Å²) in [4.78, 5) is 0. The number of nitriles is 1. The summed E-state index contributed by atoms with van der Waals surface area (Å²) >= 11 is 5.20. The lowest BCUT2D eigenvalue weighted by atomic mass is 10.1. The van der Waals surface area contributed by atoms with Gasteiger partial charge in [-0.15, -0.1) is 0 Å². The first kappa shape index (κ1) is 14.5. The number of thiocarbonyl (C=S) groups is 1. The minimum absolute atomic E-state index is 0.444. The highest BCUT2D eigenvalue weighted by atomic mass is 32.1. The number of anilines is 1. The van der Waals surface area contributed by atoms with E-state index in [-0.39, 0.29) is 0 Å². The van der Waals surface area contributed by atoms with Gasteiger partial charge in [-0.25, -0.2) is 0 Å². The fourth-order valence-corrected chi connectivity index (χ4v) is 1.77. The first-order valence-corrected chi connectivity index (χ1v) is 6.68. The van der Waals surface area contributed by atoms with Crippen LogP contribution in [0.25, 0.3) is 0 Å². The average molecular weight is 261 g/mol. The molecule has 0 saturated carbocycles. The predicted octanol–water partition coefficient (Wildman–Crippen LogP) is 3.23. The van der Waals surface area contributed by atoms with Crippen LogP contribution in [-0.4, -0.2) is 11.7 Å². The number of benzene rings is 1. The van der Waals surface area contributed by atoms with Gasteiger partial charge in [-0.05, 0) is 36.3 Å². The molecule has 18 heavy (non-hydrogen) atoms. The first-order chi connectivity index (χ1) is 8.76. The van der Waals surface area contributed by atoms with Crippen LogP contribution in [0, 0.1) is 11.3 Å². The molecule has 1 rings (SSSR count). The highest BCUT2D eigenvalue weighted by molar-refractivity contribution is 7.80. The molecular formula is C14H19N3S. The van der Waals surface area contributed by atoms with Gasteiger partial charge in [0.05, 0.1) is 12.5 Å². The number of unbranched alkanes of at least 4 members (excludes halogenated alkanes) is 2. The standard InChI is InChI=1S/C14H19N3S/c1-2-3-4-11-16-14(18)17-13-7-5-12(6-8-13)9-10-15/h5-8H,2-4,9,11H2,1H3,(H2,16,17,18). The second-order valence-electron chi connectivity index (χ2n) is 4.12. The van der Waals surface area contributed by atoms with Gasteiger partial charge in [-0.2, -0.15) is 5.26 Å². The van der Waals surface area contributed by atoms with E-state index in [9.17, 15) is 0 Å². The van der Waals surface area contributed by atoms with Crippen molar-refractivity contribution < 1.29 is 0 Å². The van der Waals surface area contributed by atoms with Crippen LogP contribution in [0.1, 0.15) is 31.7 Å². The molecule has 0 heterocycles. The van der Waals surface area contributed by atoms with Crippen molar-refractivity contribution in [1.82, 2.24) is 5.32 Å². The van der Waals surface area contributed by atoms with Crippen LogP contribution in [0.15, 0.2) is 24.3 Å². The molecule has 1 aromatic carbocycles. The molecule has 0 amide bonds. The summed E-state index contributed by atoms with van der Waals surface area (Å²) in [6, 6.07) is 9.87. The van der Waals surface area contributed by atoms with Crippen LogP contribution in [0.2, 0.25) is 0 Å². The van der Waals surface area contributed by atoms with Crippen molar-refractivity contribution in [2.75, 3.05) is 11.9 Å². The van der Waals surface area contributed by atoms with E-state index in [1.807, 2.05) is 24.3 Å². The van der Waals surface area contributed by atoms with Crippen molar-refractivity contribution in [3.63, 3.8) is 0 Å². The van der Waals surface area contributed by atoms with Crippen LogP contribution in [0.4, 0.5) is 5.69 Å². The molecule has 0 atom stereocenters. The lowest BCUT2D eigenvalue weighted by Gasteiger charge is -2.10. The van der Waals surface area contributed by atoms with Gasteiger partial charge in [0.15, 0.2) is 5.11 Å². The molecule has 2 N–H and O–H groups in total. The lowest BCUT2D eigenvalue weighted by Crippen LogP contribution is -2.29. The Morgan fingerprint density at radius 3 is 2.61 bits per heavy atom. The van der Waals surface area contributed by atoms with E-state index < -0.39 is 0 Å². The molecule has 0 aromatic heterocycles. The molecule has 0 unspecified atom stereocenters. The molecule has 0 aliphatic rings. The fraction of sp³-hybridized carbons (Fsp3) is 0.429. The van der Waals surface area contributed by atoms with Gasteiger partial charge in [0, 0.05) is 12.2 Å². The predicted molar refractivity (Wildman–Crippen MR) is 79.5 cm³/mol. The zero-order valence-corrected chi connectivity index (χ0v) is 11.5. The summed E-state index contributed by atoms with van der Waals surface area (Å²) in [6.45, 7) is 3.09. The van der Waals surface area contributed by atoms with Gasteiger partial charge >= 0.3 is 0 Å². The van der Waals surface area contributed by atoms with Crippen molar-refractivity contribution in [3.8, 4) is 6.07 Å². The SMILES string of the molecule is CCCCCNC(=S)Nc1ccc(CC#N)cc1. The van der Waals surface area contributed by atoms with Gasteiger partial charge in [0.25, 0.3) is 0 Å². The third-order valence-corrected chi connectivity index (χ3v) is 2.81. The smallest absolute Gasteiger partial charge is 0.170 e. The Bertz CT molecular complexity index is 406. The Morgan fingerprint density at radius 2 is 2.00 bits per heavy atom. The summed E-state index contributed by atoms with van der Waals surface area (Å²) in [7, 11) is 0. The Hall–Kier alpha value is -1.60. The summed E-state index contributed by atoms with van der Waals surface area (Å²) < 4.78 is 0. The average Bonchev–Trinajstić information content (AvgIpc) is 2.37. The second kappa shape index (κ2) is 8.48. The fourth-order valence-electron chi connectivity index (χ4n) is 1.55. The summed E-state index contributed by atoms with van der Waals surface area (Å²) in [6.07, 6.45) is 4.01. The quantitative estimate of drug-likeness (QED) is 0.609. The Balaban J connectivity index is 2.33. The van der Waals surface area contributed by atoms with Crippen LogP contribution >= 0.6 is 12.2 Å². The topological polar surface area (TPSA) is 47.8 Å². The third kappa shape index (κ3) is 5.65. The molecule has 0 spiro atoms. The molecule has 0 aliphatic heterocycles.